The molecule has 0 aromatic rings. The van der Waals surface area contributed by atoms with Gasteiger partial charge in [-0.15, -0.1) is 0 Å². The van der Waals surface area contributed by atoms with Crippen molar-refractivity contribution in [1.29, 1.82) is 0 Å². The lowest BCUT2D eigenvalue weighted by molar-refractivity contribution is 0.129. The Kier molecular flexibility index (Phi) is 1.67. The van der Waals surface area contributed by atoms with Crippen molar-refractivity contribution in [2.45, 2.75) is 53.4 Å². The van der Waals surface area contributed by atoms with Gasteiger partial charge in [0.2, 0.25) is 0 Å². The second kappa shape index (κ2) is 2.52. The third-order valence-electron chi connectivity index (χ3n) is 5.78. The summed E-state index contributed by atoms with van der Waals surface area (Å²) in [6.07, 6.45) is 10.5. The fraction of sp³-hybridized carbons (Fsp3) is 0.800. The van der Waals surface area contributed by atoms with Crippen LogP contribution in [-0.2, 0) is 0 Å². The van der Waals surface area contributed by atoms with Crippen LogP contribution in [0.1, 0.15) is 53.4 Å². The molecule has 1 radical (unpaired) electrons. The van der Waals surface area contributed by atoms with Crippen LogP contribution in [0.4, 0.5) is 0 Å². The summed E-state index contributed by atoms with van der Waals surface area (Å²) in [6.45, 7) is 9.94. The van der Waals surface area contributed by atoms with E-state index in [2.05, 4.69) is 39.8 Å². The molecule has 15 heavy (non-hydrogen) atoms. The molecule has 3 aliphatic rings. The molecule has 0 aromatic carbocycles. The highest BCUT2D eigenvalue weighted by Gasteiger charge is 2.68. The second-order valence-electron chi connectivity index (χ2n) is 6.97. The van der Waals surface area contributed by atoms with Crippen LogP contribution in [0.2, 0.25) is 0 Å². The predicted molar refractivity (Wildman–Crippen MR) is 64.3 cm³/mol. The Morgan fingerprint density at radius 3 is 2.73 bits per heavy atom. The number of hydrogen-bond donors (Lipinski definition) is 0. The first kappa shape index (κ1) is 9.93. The van der Waals surface area contributed by atoms with Gasteiger partial charge in [0, 0.05) is 0 Å². The zero-order valence-electron chi connectivity index (χ0n) is 10.6. The fourth-order valence-electron chi connectivity index (χ4n) is 5.43. The van der Waals surface area contributed by atoms with Crippen LogP contribution < -0.4 is 0 Å². The highest BCUT2D eigenvalue weighted by molar-refractivity contribution is 5.38. The van der Waals surface area contributed by atoms with Crippen molar-refractivity contribution in [3.63, 3.8) is 0 Å². The van der Waals surface area contributed by atoms with E-state index in [1.54, 1.807) is 0 Å². The predicted octanol–water partition coefficient (Wildman–Crippen LogP) is 4.37. The lowest BCUT2D eigenvalue weighted by Crippen LogP contribution is -2.36. The van der Waals surface area contributed by atoms with Gasteiger partial charge >= 0.3 is 0 Å². The SMILES string of the molecule is C[C@@H]1CC[C]2C(C)(C)C[C@]3(C)C=CC[C@@]213. The summed E-state index contributed by atoms with van der Waals surface area (Å²) >= 11 is 0. The molecule has 0 unspecified atom stereocenters. The molecule has 0 aromatic heterocycles. The van der Waals surface area contributed by atoms with Gasteiger partial charge in [-0.1, -0.05) is 39.8 Å². The van der Waals surface area contributed by atoms with Gasteiger partial charge < -0.3 is 0 Å². The molecule has 3 aliphatic carbocycles. The van der Waals surface area contributed by atoms with E-state index in [4.69, 9.17) is 0 Å². The van der Waals surface area contributed by atoms with Crippen LogP contribution in [0.3, 0.4) is 0 Å². The maximum Gasteiger partial charge on any atom is -0.00736 e. The smallest absolute Gasteiger partial charge is 0.00736 e. The normalized spacial score (nSPS) is 52.1. The number of hydrogen-bond acceptors (Lipinski definition) is 0. The molecule has 0 aliphatic heterocycles. The van der Waals surface area contributed by atoms with Crippen molar-refractivity contribution in [3.8, 4) is 0 Å². The maximum atomic E-state index is 2.53. The quantitative estimate of drug-likeness (QED) is 0.513. The van der Waals surface area contributed by atoms with Gasteiger partial charge in [-0.05, 0) is 53.8 Å². The zero-order chi connectivity index (χ0) is 10.9. The second-order valence-corrected chi connectivity index (χ2v) is 6.97. The van der Waals surface area contributed by atoms with Crippen molar-refractivity contribution in [3.05, 3.63) is 18.1 Å². The standard InChI is InChI=1S/C15H23/c1-11-6-7-12-13(2,3)10-14(4)8-5-9-15(11,12)14/h5,8,11H,6-7,9-10H2,1-4H3/t11-,14+,15+/m1/s1. The topological polar surface area (TPSA) is 0 Å². The van der Waals surface area contributed by atoms with Gasteiger partial charge in [-0.2, -0.15) is 0 Å². The highest BCUT2D eigenvalue weighted by atomic mass is 14.7. The highest BCUT2D eigenvalue weighted by Crippen LogP contribution is 2.76. The maximum absolute atomic E-state index is 2.53. The average molecular weight is 203 g/mol. The molecule has 2 saturated carbocycles. The first-order chi connectivity index (χ1) is 6.92. The Hall–Kier alpha value is -0.260. The van der Waals surface area contributed by atoms with E-state index in [0.29, 0.717) is 16.2 Å². The van der Waals surface area contributed by atoms with Gasteiger partial charge in [0.25, 0.3) is 0 Å². The molecule has 0 heterocycles. The van der Waals surface area contributed by atoms with Crippen LogP contribution in [0.25, 0.3) is 0 Å². The number of rotatable bonds is 0. The summed E-state index contributed by atoms with van der Waals surface area (Å²) in [6, 6.07) is 0. The van der Waals surface area contributed by atoms with Crippen LogP contribution in [-0.4, -0.2) is 0 Å². The van der Waals surface area contributed by atoms with Crippen molar-refractivity contribution < 1.29 is 0 Å². The molecule has 1 spiro atoms. The summed E-state index contributed by atoms with van der Waals surface area (Å²) in [5.41, 5.74) is 1.52. The van der Waals surface area contributed by atoms with Gasteiger partial charge in [-0.3, -0.25) is 0 Å². The Balaban J connectivity index is 2.15. The van der Waals surface area contributed by atoms with Gasteiger partial charge in [0.1, 0.15) is 0 Å². The van der Waals surface area contributed by atoms with Gasteiger partial charge in [0.15, 0.2) is 0 Å². The Bertz CT molecular complexity index is 325. The first-order valence-electron chi connectivity index (χ1n) is 6.47. The van der Waals surface area contributed by atoms with Crippen molar-refractivity contribution in [1.82, 2.24) is 0 Å². The summed E-state index contributed by atoms with van der Waals surface area (Å²) in [7, 11) is 0. The summed E-state index contributed by atoms with van der Waals surface area (Å²) in [5, 5.41) is 0. The fourth-order valence-corrected chi connectivity index (χ4v) is 5.43. The molecule has 2 fully saturated rings. The van der Waals surface area contributed by atoms with E-state index in [9.17, 15) is 0 Å². The lowest BCUT2D eigenvalue weighted by atomic mass is 9.61. The van der Waals surface area contributed by atoms with Crippen LogP contribution in [0.15, 0.2) is 12.2 Å². The molecule has 3 atom stereocenters. The number of allylic oxidation sites excluding steroid dienone is 2. The summed E-state index contributed by atoms with van der Waals surface area (Å²) in [5.74, 6) is 2.80. The molecule has 0 saturated heterocycles. The Morgan fingerprint density at radius 1 is 1.27 bits per heavy atom. The van der Waals surface area contributed by atoms with E-state index in [1.807, 2.05) is 5.92 Å². The minimum absolute atomic E-state index is 0.474. The van der Waals surface area contributed by atoms with E-state index < -0.39 is 0 Å². The van der Waals surface area contributed by atoms with E-state index in [1.165, 1.54) is 25.7 Å². The monoisotopic (exact) mass is 203 g/mol. The average Bonchev–Trinajstić information content (AvgIpc) is 2.62. The van der Waals surface area contributed by atoms with Gasteiger partial charge in [0.05, 0.1) is 0 Å². The van der Waals surface area contributed by atoms with Crippen molar-refractivity contribution in [2.75, 3.05) is 0 Å². The molecule has 83 valence electrons. The third kappa shape index (κ3) is 0.905. The largest absolute Gasteiger partial charge is 0.0874 e. The van der Waals surface area contributed by atoms with Crippen molar-refractivity contribution in [2.24, 2.45) is 22.2 Å². The van der Waals surface area contributed by atoms with Crippen LogP contribution in [0.5, 0.6) is 0 Å². The van der Waals surface area contributed by atoms with Crippen molar-refractivity contribution >= 4 is 0 Å². The minimum Gasteiger partial charge on any atom is -0.0874 e. The summed E-state index contributed by atoms with van der Waals surface area (Å²) < 4.78 is 0. The molecule has 0 nitrogen and oxygen atoms in total. The molecule has 0 amide bonds. The minimum atomic E-state index is 0.474. The zero-order valence-corrected chi connectivity index (χ0v) is 10.6. The Morgan fingerprint density at radius 2 is 2.00 bits per heavy atom. The lowest BCUT2D eigenvalue weighted by Gasteiger charge is -2.42. The first-order valence-corrected chi connectivity index (χ1v) is 6.47. The van der Waals surface area contributed by atoms with Gasteiger partial charge in [-0.25, -0.2) is 0 Å². The molecular formula is C15H23. The van der Waals surface area contributed by atoms with E-state index in [-0.39, 0.29) is 0 Å². The van der Waals surface area contributed by atoms with Crippen LogP contribution in [0, 0.1) is 28.1 Å². The summed E-state index contributed by atoms with van der Waals surface area (Å²) in [4.78, 5) is 0. The van der Waals surface area contributed by atoms with Crippen LogP contribution >= 0.6 is 0 Å². The third-order valence-corrected chi connectivity index (χ3v) is 5.78. The van der Waals surface area contributed by atoms with E-state index in [0.717, 1.165) is 5.92 Å². The molecule has 0 N–H and O–H groups in total. The molecular weight excluding hydrogens is 180 g/mol. The molecule has 0 heteroatoms. The Labute approximate surface area is 94.1 Å². The molecule has 0 bridgehead atoms. The van der Waals surface area contributed by atoms with E-state index >= 15 is 0 Å². The molecule has 3 rings (SSSR count).